The lowest BCUT2D eigenvalue weighted by atomic mass is 10.1. The Morgan fingerprint density at radius 3 is 2.69 bits per heavy atom. The van der Waals surface area contributed by atoms with Gasteiger partial charge in [0.15, 0.2) is 6.10 Å². The predicted molar refractivity (Wildman–Crippen MR) is 55.2 cm³/mol. The Hall–Kier alpha value is -0.330. The molecule has 0 aromatic carbocycles. The number of halogens is 3. The molecular formula is C10H19F3N2O. The van der Waals surface area contributed by atoms with Gasteiger partial charge in [-0.1, -0.05) is 6.92 Å². The quantitative estimate of drug-likeness (QED) is 0.747. The van der Waals surface area contributed by atoms with Crippen molar-refractivity contribution in [2.24, 2.45) is 5.92 Å². The fourth-order valence-corrected chi connectivity index (χ4v) is 1.91. The monoisotopic (exact) mass is 240 g/mol. The third-order valence-corrected chi connectivity index (χ3v) is 2.97. The molecule has 1 fully saturated rings. The van der Waals surface area contributed by atoms with Crippen LogP contribution in [0.4, 0.5) is 13.2 Å². The number of hydrogen-bond acceptors (Lipinski definition) is 3. The van der Waals surface area contributed by atoms with E-state index in [-0.39, 0.29) is 0 Å². The summed E-state index contributed by atoms with van der Waals surface area (Å²) in [5.41, 5.74) is 0. The predicted octanol–water partition coefficient (Wildman–Crippen LogP) is 0.841. The van der Waals surface area contributed by atoms with Gasteiger partial charge in [0, 0.05) is 13.1 Å². The molecule has 2 N–H and O–H groups in total. The van der Waals surface area contributed by atoms with Crippen molar-refractivity contribution in [1.82, 2.24) is 10.2 Å². The van der Waals surface area contributed by atoms with E-state index in [9.17, 15) is 13.2 Å². The van der Waals surface area contributed by atoms with Crippen LogP contribution in [0.1, 0.15) is 13.3 Å². The molecule has 0 aliphatic carbocycles. The van der Waals surface area contributed by atoms with Gasteiger partial charge in [-0.25, -0.2) is 0 Å². The van der Waals surface area contributed by atoms with Crippen LogP contribution in [-0.4, -0.2) is 55.0 Å². The first-order chi connectivity index (χ1) is 7.43. The number of alkyl halides is 3. The lowest BCUT2D eigenvalue weighted by Crippen LogP contribution is -2.40. The average Bonchev–Trinajstić information content (AvgIpc) is 2.64. The van der Waals surface area contributed by atoms with Gasteiger partial charge in [-0.3, -0.25) is 0 Å². The molecule has 0 radical (unpaired) electrons. The molecule has 0 saturated carbocycles. The van der Waals surface area contributed by atoms with Crippen LogP contribution >= 0.6 is 0 Å². The van der Waals surface area contributed by atoms with Crippen molar-refractivity contribution < 1.29 is 18.3 Å². The molecule has 2 atom stereocenters. The average molecular weight is 240 g/mol. The van der Waals surface area contributed by atoms with Gasteiger partial charge >= 0.3 is 6.18 Å². The van der Waals surface area contributed by atoms with Gasteiger partial charge in [0.05, 0.1) is 0 Å². The maximum Gasteiger partial charge on any atom is 0.415 e. The van der Waals surface area contributed by atoms with Crippen molar-refractivity contribution in [3.8, 4) is 0 Å². The number of nitrogens with one attached hydrogen (secondary N) is 1. The first-order valence-electron chi connectivity index (χ1n) is 5.61. The van der Waals surface area contributed by atoms with Crippen molar-refractivity contribution in [3.05, 3.63) is 0 Å². The molecule has 0 spiro atoms. The normalized spacial score (nSPS) is 24.9. The first-order valence-corrected chi connectivity index (χ1v) is 5.61. The van der Waals surface area contributed by atoms with Crippen LogP contribution in [0.25, 0.3) is 0 Å². The van der Waals surface area contributed by atoms with E-state index in [1.165, 1.54) is 0 Å². The van der Waals surface area contributed by atoms with Gasteiger partial charge in [0.1, 0.15) is 0 Å². The smallest absolute Gasteiger partial charge is 0.382 e. The Balaban J connectivity index is 2.12. The molecule has 0 aromatic rings. The lowest BCUT2D eigenvalue weighted by molar-refractivity contribution is -0.201. The summed E-state index contributed by atoms with van der Waals surface area (Å²) in [6.45, 7) is 5.15. The topological polar surface area (TPSA) is 35.5 Å². The van der Waals surface area contributed by atoms with E-state index in [1.54, 1.807) is 0 Å². The van der Waals surface area contributed by atoms with Gasteiger partial charge in [0.25, 0.3) is 0 Å². The third-order valence-electron chi connectivity index (χ3n) is 2.97. The maximum absolute atomic E-state index is 12.0. The number of likely N-dealkylation sites (tertiary alicyclic amines) is 1. The Morgan fingerprint density at radius 1 is 1.50 bits per heavy atom. The number of hydrogen-bond donors (Lipinski definition) is 2. The van der Waals surface area contributed by atoms with Crippen LogP contribution < -0.4 is 5.32 Å². The molecule has 1 aliphatic heterocycles. The highest BCUT2D eigenvalue weighted by Crippen LogP contribution is 2.19. The highest BCUT2D eigenvalue weighted by Gasteiger charge is 2.37. The second kappa shape index (κ2) is 5.84. The highest BCUT2D eigenvalue weighted by molar-refractivity contribution is 4.77. The zero-order chi connectivity index (χ0) is 12.2. The molecule has 1 rings (SSSR count). The van der Waals surface area contributed by atoms with E-state index in [4.69, 9.17) is 5.11 Å². The summed E-state index contributed by atoms with van der Waals surface area (Å²) in [5, 5.41) is 11.4. The van der Waals surface area contributed by atoms with Crippen molar-refractivity contribution >= 4 is 0 Å². The van der Waals surface area contributed by atoms with Crippen LogP contribution in [0.2, 0.25) is 0 Å². The molecule has 96 valence electrons. The summed E-state index contributed by atoms with van der Waals surface area (Å²) in [4.78, 5) is 2.27. The molecule has 0 amide bonds. The number of aliphatic hydroxyl groups excluding tert-OH is 1. The summed E-state index contributed by atoms with van der Waals surface area (Å²) in [7, 11) is 0. The van der Waals surface area contributed by atoms with E-state index in [0.717, 1.165) is 26.1 Å². The van der Waals surface area contributed by atoms with Crippen LogP contribution in [0.3, 0.4) is 0 Å². The molecule has 1 heterocycles. The summed E-state index contributed by atoms with van der Waals surface area (Å²) in [6.07, 6.45) is -5.75. The van der Waals surface area contributed by atoms with Gasteiger partial charge in [-0.15, -0.1) is 0 Å². The first kappa shape index (κ1) is 13.7. The standard InChI is InChI=1S/C10H19F3N2O/c1-2-15-4-3-8(7-15)5-14-6-9(16)10(11,12)13/h8-9,14,16H,2-7H2,1H3. The Bertz CT molecular complexity index is 211. The molecule has 0 aromatic heterocycles. The Morgan fingerprint density at radius 2 is 2.19 bits per heavy atom. The number of nitrogens with zero attached hydrogens (tertiary/aromatic N) is 1. The molecule has 0 bridgehead atoms. The minimum atomic E-state index is -4.52. The van der Waals surface area contributed by atoms with Crippen molar-refractivity contribution in [1.29, 1.82) is 0 Å². The number of aliphatic hydroxyl groups is 1. The molecule has 16 heavy (non-hydrogen) atoms. The molecule has 6 heteroatoms. The molecule has 1 aliphatic rings. The molecule has 3 nitrogen and oxygen atoms in total. The fourth-order valence-electron chi connectivity index (χ4n) is 1.91. The zero-order valence-corrected chi connectivity index (χ0v) is 9.43. The summed E-state index contributed by atoms with van der Waals surface area (Å²) >= 11 is 0. The molecule has 1 saturated heterocycles. The van der Waals surface area contributed by atoms with E-state index in [1.807, 2.05) is 0 Å². The minimum Gasteiger partial charge on any atom is -0.382 e. The Labute approximate surface area is 93.6 Å². The number of rotatable bonds is 5. The van der Waals surface area contributed by atoms with Crippen LogP contribution in [0.5, 0.6) is 0 Å². The second-order valence-corrected chi connectivity index (χ2v) is 4.26. The summed E-state index contributed by atoms with van der Waals surface area (Å²) < 4.78 is 35.9. The maximum atomic E-state index is 12.0. The second-order valence-electron chi connectivity index (χ2n) is 4.26. The lowest BCUT2D eigenvalue weighted by Gasteiger charge is -2.17. The van der Waals surface area contributed by atoms with Crippen LogP contribution in [0, 0.1) is 5.92 Å². The van der Waals surface area contributed by atoms with E-state index in [0.29, 0.717) is 12.5 Å². The SMILES string of the molecule is CCN1CCC(CNCC(O)C(F)(F)F)C1. The zero-order valence-electron chi connectivity index (χ0n) is 9.43. The molecule has 2 unspecified atom stereocenters. The molecular weight excluding hydrogens is 221 g/mol. The van der Waals surface area contributed by atoms with Crippen molar-refractivity contribution in [2.45, 2.75) is 25.6 Å². The van der Waals surface area contributed by atoms with Gasteiger partial charge in [0.2, 0.25) is 0 Å². The fraction of sp³-hybridized carbons (Fsp3) is 1.00. The van der Waals surface area contributed by atoms with Crippen molar-refractivity contribution in [2.75, 3.05) is 32.7 Å². The Kier molecular flexibility index (Phi) is 5.01. The third kappa shape index (κ3) is 4.27. The minimum absolute atomic E-state index is 0.403. The van der Waals surface area contributed by atoms with Gasteiger partial charge in [-0.05, 0) is 32.0 Å². The van der Waals surface area contributed by atoms with Crippen LogP contribution in [-0.2, 0) is 0 Å². The van der Waals surface area contributed by atoms with E-state index >= 15 is 0 Å². The van der Waals surface area contributed by atoms with Crippen LogP contribution in [0.15, 0.2) is 0 Å². The van der Waals surface area contributed by atoms with Crippen molar-refractivity contribution in [3.63, 3.8) is 0 Å². The highest BCUT2D eigenvalue weighted by atomic mass is 19.4. The van der Waals surface area contributed by atoms with E-state index in [2.05, 4.69) is 17.1 Å². The van der Waals surface area contributed by atoms with Gasteiger partial charge in [-0.2, -0.15) is 13.2 Å². The van der Waals surface area contributed by atoms with Gasteiger partial charge < -0.3 is 15.3 Å². The van der Waals surface area contributed by atoms with E-state index < -0.39 is 18.8 Å². The largest absolute Gasteiger partial charge is 0.415 e. The summed E-state index contributed by atoms with van der Waals surface area (Å²) in [5.74, 6) is 0.403. The summed E-state index contributed by atoms with van der Waals surface area (Å²) in [6, 6.07) is 0.